The minimum absolute atomic E-state index is 0.0319. The SMILES string of the molecule is O=[N+]([O-])c1ccc2nc(NCc3cccc(C(F)(F)F)c3)sc2c1. The predicted molar refractivity (Wildman–Crippen MR) is 85.0 cm³/mol. The zero-order valence-corrected chi connectivity index (χ0v) is 12.8. The number of hydrogen-bond donors (Lipinski definition) is 1. The molecule has 3 aromatic rings. The highest BCUT2D eigenvalue weighted by atomic mass is 32.1. The first-order valence-electron chi connectivity index (χ1n) is 6.78. The number of alkyl halides is 3. The van der Waals surface area contributed by atoms with Crippen LogP contribution < -0.4 is 5.32 Å². The predicted octanol–water partition coefficient (Wildman–Crippen LogP) is 4.84. The molecule has 0 aliphatic heterocycles. The number of hydrogen-bond acceptors (Lipinski definition) is 5. The fourth-order valence-electron chi connectivity index (χ4n) is 2.14. The zero-order chi connectivity index (χ0) is 17.3. The van der Waals surface area contributed by atoms with Crippen molar-refractivity contribution in [3.05, 3.63) is 63.7 Å². The van der Waals surface area contributed by atoms with Crippen LogP contribution in [0.2, 0.25) is 0 Å². The molecule has 3 rings (SSSR count). The average molecular weight is 353 g/mol. The molecule has 0 aliphatic rings. The number of non-ortho nitro benzene ring substituents is 1. The van der Waals surface area contributed by atoms with E-state index in [-0.39, 0.29) is 12.2 Å². The third kappa shape index (κ3) is 3.46. The molecule has 0 atom stereocenters. The van der Waals surface area contributed by atoms with Crippen LogP contribution in [0.25, 0.3) is 10.2 Å². The van der Waals surface area contributed by atoms with E-state index in [2.05, 4.69) is 10.3 Å². The van der Waals surface area contributed by atoms with Gasteiger partial charge in [0.15, 0.2) is 5.13 Å². The number of fused-ring (bicyclic) bond motifs is 1. The van der Waals surface area contributed by atoms with E-state index in [4.69, 9.17) is 0 Å². The Morgan fingerprint density at radius 2 is 2.00 bits per heavy atom. The summed E-state index contributed by atoms with van der Waals surface area (Å²) in [5.74, 6) is 0. The van der Waals surface area contributed by atoms with Crippen molar-refractivity contribution in [1.82, 2.24) is 4.98 Å². The largest absolute Gasteiger partial charge is 0.416 e. The average Bonchev–Trinajstić information content (AvgIpc) is 2.94. The number of benzene rings is 2. The quantitative estimate of drug-likeness (QED) is 0.538. The molecule has 0 fully saturated rings. The summed E-state index contributed by atoms with van der Waals surface area (Å²) in [6, 6.07) is 9.34. The summed E-state index contributed by atoms with van der Waals surface area (Å²) in [5.41, 5.74) is 0.324. The first-order valence-corrected chi connectivity index (χ1v) is 7.59. The Bertz CT molecular complexity index is 908. The number of thiazole rings is 1. The molecular formula is C15H10F3N3O2S. The molecule has 24 heavy (non-hydrogen) atoms. The van der Waals surface area contributed by atoms with Gasteiger partial charge in [0.25, 0.3) is 5.69 Å². The molecule has 0 unspecified atom stereocenters. The smallest absolute Gasteiger partial charge is 0.357 e. The number of halogens is 3. The second-order valence-corrected chi connectivity index (χ2v) is 6.01. The van der Waals surface area contributed by atoms with Crippen LogP contribution in [-0.4, -0.2) is 9.91 Å². The van der Waals surface area contributed by atoms with E-state index in [9.17, 15) is 23.3 Å². The van der Waals surface area contributed by atoms with Crippen LogP contribution in [0, 0.1) is 10.1 Å². The topological polar surface area (TPSA) is 68.1 Å². The molecule has 5 nitrogen and oxygen atoms in total. The van der Waals surface area contributed by atoms with Gasteiger partial charge in [0.2, 0.25) is 0 Å². The maximum absolute atomic E-state index is 12.7. The van der Waals surface area contributed by atoms with Gasteiger partial charge >= 0.3 is 6.18 Å². The second kappa shape index (κ2) is 6.08. The van der Waals surface area contributed by atoms with Crippen LogP contribution in [-0.2, 0) is 12.7 Å². The minimum atomic E-state index is -4.38. The molecule has 0 saturated heterocycles. The molecule has 0 bridgehead atoms. The molecule has 124 valence electrons. The molecule has 1 N–H and O–H groups in total. The Morgan fingerprint density at radius 1 is 1.21 bits per heavy atom. The monoisotopic (exact) mass is 353 g/mol. The lowest BCUT2D eigenvalue weighted by molar-refractivity contribution is -0.384. The van der Waals surface area contributed by atoms with Crippen molar-refractivity contribution in [1.29, 1.82) is 0 Å². The fourth-order valence-corrected chi connectivity index (χ4v) is 3.03. The Labute approximate surface area is 137 Å². The maximum atomic E-state index is 12.7. The Morgan fingerprint density at radius 3 is 2.71 bits per heavy atom. The lowest BCUT2D eigenvalue weighted by atomic mass is 10.1. The summed E-state index contributed by atoms with van der Waals surface area (Å²) in [4.78, 5) is 14.5. The Hall–Kier alpha value is -2.68. The lowest BCUT2D eigenvalue weighted by Gasteiger charge is -2.09. The third-order valence-corrected chi connectivity index (χ3v) is 4.26. The molecular weight excluding hydrogens is 343 g/mol. The van der Waals surface area contributed by atoms with Crippen LogP contribution >= 0.6 is 11.3 Å². The fraction of sp³-hybridized carbons (Fsp3) is 0.133. The van der Waals surface area contributed by atoms with Crippen LogP contribution in [0.1, 0.15) is 11.1 Å². The van der Waals surface area contributed by atoms with E-state index in [1.165, 1.54) is 29.5 Å². The van der Waals surface area contributed by atoms with E-state index in [1.54, 1.807) is 12.1 Å². The molecule has 1 aromatic heterocycles. The van der Waals surface area contributed by atoms with E-state index in [1.807, 2.05) is 0 Å². The first kappa shape index (κ1) is 16.2. The van der Waals surface area contributed by atoms with Crippen LogP contribution in [0.15, 0.2) is 42.5 Å². The molecule has 0 radical (unpaired) electrons. The number of anilines is 1. The number of nitrogens with zero attached hydrogens (tertiary/aromatic N) is 2. The van der Waals surface area contributed by atoms with Crippen molar-refractivity contribution >= 4 is 32.4 Å². The van der Waals surface area contributed by atoms with E-state index in [0.717, 1.165) is 12.1 Å². The molecule has 1 heterocycles. The van der Waals surface area contributed by atoms with Gasteiger partial charge < -0.3 is 5.32 Å². The van der Waals surface area contributed by atoms with Crippen LogP contribution in [0.3, 0.4) is 0 Å². The molecule has 0 spiro atoms. The van der Waals surface area contributed by atoms with E-state index in [0.29, 0.717) is 20.9 Å². The second-order valence-electron chi connectivity index (χ2n) is 4.98. The summed E-state index contributed by atoms with van der Waals surface area (Å²) in [6.07, 6.45) is -4.38. The number of rotatable bonds is 4. The van der Waals surface area contributed by atoms with Gasteiger partial charge in [-0.25, -0.2) is 4.98 Å². The van der Waals surface area contributed by atoms with Crippen LogP contribution in [0.4, 0.5) is 24.0 Å². The molecule has 0 saturated carbocycles. The van der Waals surface area contributed by atoms with Gasteiger partial charge in [-0.05, 0) is 23.8 Å². The van der Waals surface area contributed by atoms with Crippen molar-refractivity contribution < 1.29 is 18.1 Å². The number of aromatic nitrogens is 1. The minimum Gasteiger partial charge on any atom is -0.357 e. The normalized spacial score (nSPS) is 11.6. The highest BCUT2D eigenvalue weighted by molar-refractivity contribution is 7.22. The van der Waals surface area contributed by atoms with Crippen molar-refractivity contribution in [2.45, 2.75) is 12.7 Å². The molecule has 0 amide bonds. The third-order valence-electron chi connectivity index (χ3n) is 3.28. The van der Waals surface area contributed by atoms with Crippen LogP contribution in [0.5, 0.6) is 0 Å². The van der Waals surface area contributed by atoms with Crippen molar-refractivity contribution in [3.8, 4) is 0 Å². The molecule has 2 aromatic carbocycles. The van der Waals surface area contributed by atoms with E-state index >= 15 is 0 Å². The Kier molecular flexibility index (Phi) is 4.10. The molecule has 0 aliphatic carbocycles. The lowest BCUT2D eigenvalue weighted by Crippen LogP contribution is -2.06. The number of nitro groups is 1. The number of nitrogens with one attached hydrogen (secondary N) is 1. The number of nitro benzene ring substituents is 1. The van der Waals surface area contributed by atoms with Gasteiger partial charge in [-0.15, -0.1) is 0 Å². The first-order chi connectivity index (χ1) is 11.3. The summed E-state index contributed by atoms with van der Waals surface area (Å²) in [7, 11) is 0. The van der Waals surface area contributed by atoms with Gasteiger partial charge in [0.05, 0.1) is 20.7 Å². The van der Waals surface area contributed by atoms with Gasteiger partial charge in [0.1, 0.15) is 0 Å². The van der Waals surface area contributed by atoms with Crippen molar-refractivity contribution in [2.24, 2.45) is 0 Å². The summed E-state index contributed by atoms with van der Waals surface area (Å²) in [5, 5.41) is 14.2. The molecule has 9 heteroatoms. The summed E-state index contributed by atoms with van der Waals surface area (Å²) < 4.78 is 38.7. The van der Waals surface area contributed by atoms with Gasteiger partial charge in [-0.1, -0.05) is 23.5 Å². The Balaban J connectivity index is 1.77. The zero-order valence-electron chi connectivity index (χ0n) is 12.0. The van der Waals surface area contributed by atoms with Gasteiger partial charge in [0, 0.05) is 18.7 Å². The van der Waals surface area contributed by atoms with Crippen molar-refractivity contribution in [2.75, 3.05) is 5.32 Å². The maximum Gasteiger partial charge on any atom is 0.416 e. The standard InChI is InChI=1S/C15H10F3N3O2S/c16-15(17,18)10-3-1-2-9(6-10)8-19-14-20-12-5-4-11(21(22)23)7-13(12)24-14/h1-7H,8H2,(H,19,20). The highest BCUT2D eigenvalue weighted by Gasteiger charge is 2.30. The summed E-state index contributed by atoms with van der Waals surface area (Å²) >= 11 is 1.21. The van der Waals surface area contributed by atoms with Gasteiger partial charge in [-0.3, -0.25) is 10.1 Å². The van der Waals surface area contributed by atoms with Gasteiger partial charge in [-0.2, -0.15) is 13.2 Å². The highest BCUT2D eigenvalue weighted by Crippen LogP contribution is 2.31. The summed E-state index contributed by atoms with van der Waals surface area (Å²) in [6.45, 7) is 0.172. The van der Waals surface area contributed by atoms with E-state index < -0.39 is 16.7 Å². The van der Waals surface area contributed by atoms with Crippen molar-refractivity contribution in [3.63, 3.8) is 0 Å².